The molecule has 0 bridgehead atoms. The summed E-state index contributed by atoms with van der Waals surface area (Å²) in [4.78, 5) is 19.1. The summed E-state index contributed by atoms with van der Waals surface area (Å²) in [7, 11) is 0. The highest BCUT2D eigenvalue weighted by molar-refractivity contribution is 5.99. The van der Waals surface area contributed by atoms with Crippen LogP contribution in [0, 0.1) is 6.92 Å². The highest BCUT2D eigenvalue weighted by atomic mass is 16.1. The second-order valence-corrected chi connectivity index (χ2v) is 4.24. The predicted octanol–water partition coefficient (Wildman–Crippen LogP) is 0.976. The number of amides is 1. The fourth-order valence-electron chi connectivity index (χ4n) is 1.80. The minimum Gasteiger partial charge on any atom is -0.352 e. The van der Waals surface area contributed by atoms with E-state index in [-0.39, 0.29) is 5.91 Å². The zero-order chi connectivity index (χ0) is 13.7. The van der Waals surface area contributed by atoms with Crippen molar-refractivity contribution < 1.29 is 4.79 Å². The Labute approximate surface area is 111 Å². The molecule has 1 aromatic carbocycles. The first kappa shape index (κ1) is 13.1. The third-order valence-corrected chi connectivity index (χ3v) is 2.78. The molecule has 1 heterocycles. The molecule has 0 aliphatic heterocycles. The fourth-order valence-corrected chi connectivity index (χ4v) is 1.80. The molecule has 0 fully saturated rings. The van der Waals surface area contributed by atoms with Crippen molar-refractivity contribution in [2.45, 2.75) is 13.3 Å². The molecule has 6 heteroatoms. The first-order valence-electron chi connectivity index (χ1n) is 6.04. The number of hydrogen-bond acceptors (Lipinski definition) is 4. The number of nitrogen functional groups attached to an aromatic ring is 1. The van der Waals surface area contributed by atoms with Crippen LogP contribution in [-0.4, -0.2) is 22.4 Å². The highest BCUT2D eigenvalue weighted by Gasteiger charge is 2.10. The first-order chi connectivity index (χ1) is 9.20. The number of aromatic amines is 1. The Morgan fingerprint density at radius 2 is 2.32 bits per heavy atom. The molecule has 0 aliphatic rings. The number of carbonyl (C=O) groups excluding carboxylic acids is 1. The molecule has 2 aromatic rings. The Morgan fingerprint density at radius 1 is 1.47 bits per heavy atom. The number of aromatic nitrogens is 2. The number of aryl methyl sites for hydroxylation is 1. The van der Waals surface area contributed by atoms with E-state index in [1.165, 1.54) is 0 Å². The van der Waals surface area contributed by atoms with Crippen LogP contribution in [0.15, 0.2) is 30.6 Å². The largest absolute Gasteiger partial charge is 0.352 e. The van der Waals surface area contributed by atoms with E-state index in [9.17, 15) is 4.79 Å². The molecule has 0 saturated heterocycles. The van der Waals surface area contributed by atoms with E-state index < -0.39 is 0 Å². The van der Waals surface area contributed by atoms with Crippen molar-refractivity contribution in [2.75, 3.05) is 12.0 Å². The smallest absolute Gasteiger partial charge is 0.253 e. The van der Waals surface area contributed by atoms with Gasteiger partial charge in [-0.3, -0.25) is 10.6 Å². The van der Waals surface area contributed by atoms with Crippen LogP contribution in [0.3, 0.4) is 0 Å². The zero-order valence-electron chi connectivity index (χ0n) is 10.7. The molecule has 19 heavy (non-hydrogen) atoms. The van der Waals surface area contributed by atoms with Crippen molar-refractivity contribution >= 4 is 11.6 Å². The van der Waals surface area contributed by atoms with Gasteiger partial charge in [0.1, 0.15) is 5.82 Å². The molecule has 0 atom stereocenters. The van der Waals surface area contributed by atoms with Gasteiger partial charge in [-0.25, -0.2) is 4.98 Å². The van der Waals surface area contributed by atoms with E-state index in [1.807, 2.05) is 19.1 Å². The number of hydrogen-bond donors (Lipinski definition) is 4. The molecule has 0 unspecified atom stereocenters. The number of nitrogens with zero attached hydrogens (tertiary/aromatic N) is 1. The van der Waals surface area contributed by atoms with E-state index >= 15 is 0 Å². The molecule has 100 valence electrons. The van der Waals surface area contributed by atoms with Gasteiger partial charge in [0, 0.05) is 25.4 Å². The maximum Gasteiger partial charge on any atom is 0.253 e. The Morgan fingerprint density at radius 3 is 3.00 bits per heavy atom. The normalized spacial score (nSPS) is 10.2. The second-order valence-electron chi connectivity index (χ2n) is 4.24. The van der Waals surface area contributed by atoms with E-state index in [0.717, 1.165) is 11.4 Å². The van der Waals surface area contributed by atoms with Crippen molar-refractivity contribution in [3.05, 3.63) is 47.5 Å². The third kappa shape index (κ3) is 3.32. The third-order valence-electron chi connectivity index (χ3n) is 2.78. The van der Waals surface area contributed by atoms with E-state index in [1.54, 1.807) is 18.5 Å². The lowest BCUT2D eigenvalue weighted by Crippen LogP contribution is -2.27. The molecule has 5 N–H and O–H groups in total. The van der Waals surface area contributed by atoms with Crippen LogP contribution in [0.5, 0.6) is 0 Å². The van der Waals surface area contributed by atoms with E-state index in [2.05, 4.69) is 20.7 Å². The lowest BCUT2D eigenvalue weighted by atomic mass is 10.1. The van der Waals surface area contributed by atoms with Gasteiger partial charge in [-0.1, -0.05) is 6.07 Å². The van der Waals surface area contributed by atoms with Crippen LogP contribution < -0.4 is 16.6 Å². The van der Waals surface area contributed by atoms with Crippen molar-refractivity contribution in [1.82, 2.24) is 15.3 Å². The average Bonchev–Trinajstić information content (AvgIpc) is 2.91. The van der Waals surface area contributed by atoms with Gasteiger partial charge in [0.15, 0.2) is 0 Å². The number of imidazole rings is 1. The summed E-state index contributed by atoms with van der Waals surface area (Å²) in [5.74, 6) is 6.11. The molecule has 2 rings (SSSR count). The molecule has 0 saturated carbocycles. The number of H-pyrrole nitrogens is 1. The SMILES string of the molecule is Cc1ccc(C(=O)NCCc2ncc[nH]2)c(NN)c1. The van der Waals surface area contributed by atoms with Crippen LogP contribution in [0.2, 0.25) is 0 Å². The van der Waals surface area contributed by atoms with Gasteiger partial charge in [0.05, 0.1) is 11.3 Å². The number of benzene rings is 1. The minimum atomic E-state index is -0.153. The number of carbonyl (C=O) groups is 1. The summed E-state index contributed by atoms with van der Waals surface area (Å²) < 4.78 is 0. The molecule has 0 spiro atoms. The van der Waals surface area contributed by atoms with E-state index in [4.69, 9.17) is 5.84 Å². The number of nitrogens with two attached hydrogens (primary N) is 1. The topological polar surface area (TPSA) is 95.8 Å². The summed E-state index contributed by atoms with van der Waals surface area (Å²) in [6.07, 6.45) is 4.11. The van der Waals surface area contributed by atoms with E-state index in [0.29, 0.717) is 24.2 Å². The number of rotatable bonds is 5. The van der Waals surface area contributed by atoms with Crippen LogP contribution in [0.4, 0.5) is 5.69 Å². The van der Waals surface area contributed by atoms with Crippen LogP contribution in [0.25, 0.3) is 0 Å². The van der Waals surface area contributed by atoms with Crippen molar-refractivity contribution in [1.29, 1.82) is 0 Å². The number of nitrogens with one attached hydrogen (secondary N) is 3. The second kappa shape index (κ2) is 6.01. The zero-order valence-corrected chi connectivity index (χ0v) is 10.7. The molecule has 6 nitrogen and oxygen atoms in total. The van der Waals surface area contributed by atoms with Gasteiger partial charge in [-0.2, -0.15) is 0 Å². The van der Waals surface area contributed by atoms with Crippen LogP contribution >= 0.6 is 0 Å². The van der Waals surface area contributed by atoms with Crippen LogP contribution in [-0.2, 0) is 6.42 Å². The van der Waals surface area contributed by atoms with Gasteiger partial charge >= 0.3 is 0 Å². The maximum absolute atomic E-state index is 12.0. The van der Waals surface area contributed by atoms with Gasteiger partial charge in [-0.15, -0.1) is 0 Å². The van der Waals surface area contributed by atoms with Crippen molar-refractivity contribution in [3.63, 3.8) is 0 Å². The Kier molecular flexibility index (Phi) is 4.15. The summed E-state index contributed by atoms with van der Waals surface area (Å²) in [5.41, 5.74) is 4.74. The quantitative estimate of drug-likeness (QED) is 0.475. The Hall–Kier alpha value is -2.34. The first-order valence-corrected chi connectivity index (χ1v) is 6.04. The van der Waals surface area contributed by atoms with Gasteiger partial charge in [-0.05, 0) is 24.6 Å². The predicted molar refractivity (Wildman–Crippen MR) is 73.6 cm³/mol. The molecular formula is C13H17N5O. The summed E-state index contributed by atoms with van der Waals surface area (Å²) in [6, 6.07) is 5.47. The number of hydrazine groups is 1. The standard InChI is InChI=1S/C13H17N5O/c1-9-2-3-10(11(8-9)18-14)13(19)17-5-4-12-15-6-7-16-12/h2-3,6-8,18H,4-5,14H2,1H3,(H,15,16)(H,17,19). The molecular weight excluding hydrogens is 242 g/mol. The highest BCUT2D eigenvalue weighted by Crippen LogP contribution is 2.16. The maximum atomic E-state index is 12.0. The molecule has 0 aliphatic carbocycles. The van der Waals surface area contributed by atoms with Gasteiger partial charge in [0.25, 0.3) is 5.91 Å². The van der Waals surface area contributed by atoms with Crippen LogP contribution in [0.1, 0.15) is 21.7 Å². The average molecular weight is 259 g/mol. The summed E-state index contributed by atoms with van der Waals surface area (Å²) in [6.45, 7) is 2.46. The molecule has 1 aromatic heterocycles. The van der Waals surface area contributed by atoms with Crippen molar-refractivity contribution in [3.8, 4) is 0 Å². The molecule has 1 amide bonds. The number of anilines is 1. The Bertz CT molecular complexity index is 550. The summed E-state index contributed by atoms with van der Waals surface area (Å²) in [5, 5.41) is 2.84. The molecule has 0 radical (unpaired) electrons. The van der Waals surface area contributed by atoms with Gasteiger partial charge < -0.3 is 15.7 Å². The summed E-state index contributed by atoms with van der Waals surface area (Å²) >= 11 is 0. The lowest BCUT2D eigenvalue weighted by Gasteiger charge is -2.10. The fraction of sp³-hybridized carbons (Fsp3) is 0.231. The Balaban J connectivity index is 1.96. The minimum absolute atomic E-state index is 0.153. The van der Waals surface area contributed by atoms with Crippen molar-refractivity contribution in [2.24, 2.45) is 5.84 Å². The lowest BCUT2D eigenvalue weighted by molar-refractivity contribution is 0.0955. The van der Waals surface area contributed by atoms with Gasteiger partial charge in [0.2, 0.25) is 0 Å². The monoisotopic (exact) mass is 259 g/mol.